The Hall–Kier alpha value is -3.29. The number of amides is 1. The molecule has 0 saturated carbocycles. The third kappa shape index (κ3) is 5.05. The lowest BCUT2D eigenvalue weighted by atomic mass is 10.1. The summed E-state index contributed by atoms with van der Waals surface area (Å²) in [6.45, 7) is 9.55. The molecule has 0 atom stereocenters. The van der Waals surface area contributed by atoms with Crippen LogP contribution in [-0.4, -0.2) is 56.8 Å². The second-order valence-corrected chi connectivity index (χ2v) is 8.26. The van der Waals surface area contributed by atoms with Gasteiger partial charge in [-0.2, -0.15) is 9.61 Å². The van der Waals surface area contributed by atoms with Crippen molar-refractivity contribution in [1.82, 2.24) is 30.0 Å². The van der Waals surface area contributed by atoms with Crippen LogP contribution in [0, 0.1) is 6.92 Å². The number of aryl methyl sites for hydroxylation is 1. The number of hydrogen-bond acceptors (Lipinski definition) is 5. The van der Waals surface area contributed by atoms with E-state index < -0.39 is 0 Å². The van der Waals surface area contributed by atoms with E-state index >= 15 is 0 Å². The number of benzene rings is 2. The van der Waals surface area contributed by atoms with E-state index in [1.807, 2.05) is 49.4 Å². The third-order valence-electron chi connectivity index (χ3n) is 5.69. The van der Waals surface area contributed by atoms with Gasteiger partial charge in [-0.05, 0) is 44.3 Å². The molecule has 4 aromatic rings. The molecule has 0 aliphatic carbocycles. The molecule has 0 bridgehead atoms. The standard InChI is InChI=1S/C25H27ClN6O/c1-4-31(5-2)15-14-27-25(33)20-11-10-19(16-21(20)26)22-12-13-23-28-29-24(32(23)30-22)18-8-6-17(3)7-9-18/h6-13,16H,4-5,14-15H2,1-3H3,(H,27,33). The maximum Gasteiger partial charge on any atom is 0.252 e. The minimum Gasteiger partial charge on any atom is -0.351 e. The van der Waals surface area contributed by atoms with Crippen LogP contribution >= 0.6 is 11.6 Å². The molecule has 7 nitrogen and oxygen atoms in total. The van der Waals surface area contributed by atoms with Crippen LogP contribution < -0.4 is 5.32 Å². The zero-order valence-corrected chi connectivity index (χ0v) is 19.8. The van der Waals surface area contributed by atoms with Gasteiger partial charge in [0.2, 0.25) is 0 Å². The Kier molecular flexibility index (Phi) is 7.01. The van der Waals surface area contributed by atoms with E-state index in [9.17, 15) is 4.79 Å². The number of hydrogen-bond donors (Lipinski definition) is 1. The lowest BCUT2D eigenvalue weighted by Crippen LogP contribution is -2.34. The minimum atomic E-state index is -0.178. The molecule has 0 unspecified atom stereocenters. The molecule has 0 aliphatic heterocycles. The molecule has 8 heteroatoms. The Balaban J connectivity index is 1.56. The maximum absolute atomic E-state index is 12.6. The van der Waals surface area contributed by atoms with E-state index in [0.717, 1.165) is 30.8 Å². The van der Waals surface area contributed by atoms with E-state index in [1.165, 1.54) is 5.56 Å². The Labute approximate surface area is 198 Å². The summed E-state index contributed by atoms with van der Waals surface area (Å²) in [5, 5.41) is 16.6. The Morgan fingerprint density at radius 1 is 1.00 bits per heavy atom. The summed E-state index contributed by atoms with van der Waals surface area (Å²) in [6.07, 6.45) is 0. The zero-order valence-electron chi connectivity index (χ0n) is 19.0. The third-order valence-corrected chi connectivity index (χ3v) is 6.00. The van der Waals surface area contributed by atoms with Crippen molar-refractivity contribution in [2.75, 3.05) is 26.2 Å². The van der Waals surface area contributed by atoms with Crippen LogP contribution in [0.15, 0.2) is 54.6 Å². The first-order chi connectivity index (χ1) is 16.0. The van der Waals surface area contributed by atoms with Crippen LogP contribution in [0.25, 0.3) is 28.3 Å². The SMILES string of the molecule is CCN(CC)CCNC(=O)c1ccc(-c2ccc3nnc(-c4ccc(C)cc4)n3n2)cc1Cl. The average molecular weight is 463 g/mol. The topological polar surface area (TPSA) is 75.4 Å². The molecular weight excluding hydrogens is 436 g/mol. The molecule has 4 rings (SSSR count). The van der Waals surface area contributed by atoms with Crippen molar-refractivity contribution in [3.63, 3.8) is 0 Å². The highest BCUT2D eigenvalue weighted by atomic mass is 35.5. The molecule has 0 fully saturated rings. The molecule has 0 aliphatic rings. The van der Waals surface area contributed by atoms with Gasteiger partial charge in [-0.1, -0.05) is 61.3 Å². The average Bonchev–Trinajstić information content (AvgIpc) is 3.25. The fraction of sp³-hybridized carbons (Fsp3) is 0.280. The number of likely N-dealkylation sites (N-methyl/N-ethyl adjacent to an activating group) is 1. The second-order valence-electron chi connectivity index (χ2n) is 7.86. The summed E-state index contributed by atoms with van der Waals surface area (Å²) in [4.78, 5) is 14.8. The van der Waals surface area contributed by atoms with Crippen LogP contribution in [0.2, 0.25) is 5.02 Å². The molecule has 1 amide bonds. The van der Waals surface area contributed by atoms with Crippen molar-refractivity contribution >= 4 is 23.2 Å². The number of rotatable bonds is 8. The van der Waals surface area contributed by atoms with Crippen molar-refractivity contribution in [3.05, 3.63) is 70.7 Å². The molecule has 33 heavy (non-hydrogen) atoms. The first kappa shape index (κ1) is 22.9. The predicted molar refractivity (Wildman–Crippen MR) is 132 cm³/mol. The van der Waals surface area contributed by atoms with E-state index in [0.29, 0.717) is 34.3 Å². The highest BCUT2D eigenvalue weighted by Crippen LogP contribution is 2.26. The van der Waals surface area contributed by atoms with Gasteiger partial charge in [-0.15, -0.1) is 10.2 Å². The lowest BCUT2D eigenvalue weighted by Gasteiger charge is -2.18. The van der Waals surface area contributed by atoms with Crippen molar-refractivity contribution < 1.29 is 4.79 Å². The molecule has 170 valence electrons. The van der Waals surface area contributed by atoms with E-state index in [1.54, 1.807) is 16.6 Å². The van der Waals surface area contributed by atoms with Crippen LogP contribution in [-0.2, 0) is 0 Å². The van der Waals surface area contributed by atoms with Gasteiger partial charge in [0.15, 0.2) is 11.5 Å². The van der Waals surface area contributed by atoms with Crippen LogP contribution in [0.1, 0.15) is 29.8 Å². The Morgan fingerprint density at radius 2 is 1.73 bits per heavy atom. The molecule has 0 radical (unpaired) electrons. The number of fused-ring (bicyclic) bond motifs is 1. The molecule has 1 N–H and O–H groups in total. The Bertz CT molecular complexity index is 1260. The Morgan fingerprint density at radius 3 is 2.42 bits per heavy atom. The number of carbonyl (C=O) groups is 1. The number of carbonyl (C=O) groups excluding carboxylic acids is 1. The minimum absolute atomic E-state index is 0.178. The summed E-state index contributed by atoms with van der Waals surface area (Å²) >= 11 is 6.48. The molecule has 2 heterocycles. The predicted octanol–water partition coefficient (Wildman–Crippen LogP) is 4.49. The highest BCUT2D eigenvalue weighted by Gasteiger charge is 2.14. The van der Waals surface area contributed by atoms with Crippen molar-refractivity contribution in [2.45, 2.75) is 20.8 Å². The van der Waals surface area contributed by atoms with Gasteiger partial charge in [-0.25, -0.2) is 0 Å². The number of aromatic nitrogens is 4. The number of nitrogens with zero attached hydrogens (tertiary/aromatic N) is 5. The smallest absolute Gasteiger partial charge is 0.252 e. The monoisotopic (exact) mass is 462 g/mol. The molecule has 0 saturated heterocycles. The van der Waals surface area contributed by atoms with Crippen molar-refractivity contribution in [3.8, 4) is 22.6 Å². The summed E-state index contributed by atoms with van der Waals surface area (Å²) in [5.74, 6) is 0.490. The summed E-state index contributed by atoms with van der Waals surface area (Å²) in [7, 11) is 0. The van der Waals surface area contributed by atoms with Crippen molar-refractivity contribution in [1.29, 1.82) is 0 Å². The van der Waals surface area contributed by atoms with Gasteiger partial charge in [0, 0.05) is 24.2 Å². The van der Waals surface area contributed by atoms with Gasteiger partial charge < -0.3 is 10.2 Å². The van der Waals surface area contributed by atoms with Crippen LogP contribution in [0.4, 0.5) is 0 Å². The molecular formula is C25H27ClN6O. The van der Waals surface area contributed by atoms with Crippen LogP contribution in [0.5, 0.6) is 0 Å². The van der Waals surface area contributed by atoms with Gasteiger partial charge in [0.25, 0.3) is 5.91 Å². The largest absolute Gasteiger partial charge is 0.351 e. The molecule has 2 aromatic heterocycles. The number of nitrogens with one attached hydrogen (secondary N) is 1. The van der Waals surface area contributed by atoms with E-state index in [4.69, 9.17) is 16.7 Å². The van der Waals surface area contributed by atoms with E-state index in [2.05, 4.69) is 34.3 Å². The van der Waals surface area contributed by atoms with Gasteiger partial charge in [0.05, 0.1) is 16.3 Å². The van der Waals surface area contributed by atoms with E-state index in [-0.39, 0.29) is 5.91 Å². The fourth-order valence-electron chi connectivity index (χ4n) is 3.65. The fourth-order valence-corrected chi connectivity index (χ4v) is 3.91. The lowest BCUT2D eigenvalue weighted by molar-refractivity contribution is 0.0949. The quantitative estimate of drug-likeness (QED) is 0.417. The van der Waals surface area contributed by atoms with Crippen LogP contribution in [0.3, 0.4) is 0 Å². The number of halogens is 1. The van der Waals surface area contributed by atoms with Gasteiger partial charge in [0.1, 0.15) is 0 Å². The van der Waals surface area contributed by atoms with Gasteiger partial charge >= 0.3 is 0 Å². The summed E-state index contributed by atoms with van der Waals surface area (Å²) in [5.41, 5.74) is 4.74. The first-order valence-corrected chi connectivity index (χ1v) is 11.5. The summed E-state index contributed by atoms with van der Waals surface area (Å²) < 4.78 is 1.72. The second kappa shape index (κ2) is 10.1. The zero-order chi connectivity index (χ0) is 23.4. The molecule has 0 spiro atoms. The summed E-state index contributed by atoms with van der Waals surface area (Å²) in [6, 6.07) is 17.2. The van der Waals surface area contributed by atoms with Gasteiger partial charge in [-0.3, -0.25) is 4.79 Å². The van der Waals surface area contributed by atoms with Crippen molar-refractivity contribution in [2.24, 2.45) is 0 Å². The molecule has 2 aromatic carbocycles. The normalized spacial score (nSPS) is 11.3. The maximum atomic E-state index is 12.6. The highest BCUT2D eigenvalue weighted by molar-refractivity contribution is 6.34. The first-order valence-electron chi connectivity index (χ1n) is 11.1.